The van der Waals surface area contributed by atoms with Crippen LogP contribution in [-0.2, 0) is 14.3 Å². The summed E-state index contributed by atoms with van der Waals surface area (Å²) in [6, 6.07) is 0. The lowest BCUT2D eigenvalue weighted by Crippen LogP contribution is -2.32. The molecule has 0 rings (SSSR count). The highest BCUT2D eigenvalue weighted by Gasteiger charge is 2.14. The van der Waals surface area contributed by atoms with E-state index in [2.05, 4.69) is 26.0 Å². The van der Waals surface area contributed by atoms with Crippen LogP contribution >= 0.6 is 15.9 Å². The lowest BCUT2D eigenvalue weighted by atomic mass is 10.2. The molecule has 0 aliphatic heterocycles. The van der Waals surface area contributed by atoms with E-state index in [1.807, 2.05) is 0 Å². The monoisotopic (exact) mass is 283 g/mol. The second-order valence-corrected chi connectivity index (χ2v) is 4.20. The molecule has 0 radical (unpaired) electrons. The van der Waals surface area contributed by atoms with Crippen molar-refractivity contribution in [1.29, 1.82) is 0 Å². The third-order valence-electron chi connectivity index (χ3n) is 1.79. The van der Waals surface area contributed by atoms with Crippen LogP contribution in [-0.4, -0.2) is 55.9 Å². The van der Waals surface area contributed by atoms with Crippen molar-refractivity contribution in [2.75, 3.05) is 33.9 Å². The van der Waals surface area contributed by atoms with Gasteiger partial charge < -0.3 is 19.9 Å². The van der Waals surface area contributed by atoms with E-state index >= 15 is 0 Å². The first-order chi connectivity index (χ1) is 7.11. The second kappa shape index (κ2) is 9.08. The van der Waals surface area contributed by atoms with Gasteiger partial charge in [-0.1, -0.05) is 15.9 Å². The Balaban J connectivity index is 3.41. The summed E-state index contributed by atoms with van der Waals surface area (Å²) in [5.41, 5.74) is 0. The van der Waals surface area contributed by atoms with E-state index in [0.29, 0.717) is 26.1 Å². The van der Waals surface area contributed by atoms with E-state index in [-0.39, 0.29) is 10.8 Å². The molecular formula is C9H18BrNO4. The minimum atomic E-state index is -0.464. The van der Waals surface area contributed by atoms with Gasteiger partial charge in [0.15, 0.2) is 0 Å². The molecule has 0 aliphatic carbocycles. The van der Waals surface area contributed by atoms with Gasteiger partial charge in [-0.05, 0) is 13.0 Å². The summed E-state index contributed by atoms with van der Waals surface area (Å²) < 4.78 is 9.31. The number of alkyl halides is 1. The quantitative estimate of drug-likeness (QED) is 0.370. The van der Waals surface area contributed by atoms with Crippen molar-refractivity contribution in [2.24, 2.45) is 0 Å². The molecular weight excluding hydrogens is 266 g/mol. The van der Waals surface area contributed by atoms with Gasteiger partial charge in [0.2, 0.25) is 0 Å². The van der Waals surface area contributed by atoms with Crippen molar-refractivity contribution in [3.8, 4) is 0 Å². The predicted molar refractivity (Wildman–Crippen MR) is 60.1 cm³/mol. The lowest BCUT2D eigenvalue weighted by Gasteiger charge is -2.11. The van der Waals surface area contributed by atoms with Gasteiger partial charge in [-0.15, -0.1) is 0 Å². The van der Waals surface area contributed by atoms with Gasteiger partial charge in [-0.25, -0.2) is 0 Å². The lowest BCUT2D eigenvalue weighted by molar-refractivity contribution is -0.139. The van der Waals surface area contributed by atoms with E-state index in [4.69, 9.17) is 4.74 Å². The van der Waals surface area contributed by atoms with Crippen LogP contribution in [0.4, 0.5) is 0 Å². The highest BCUT2D eigenvalue weighted by molar-refractivity contribution is 9.10. The van der Waals surface area contributed by atoms with E-state index < -0.39 is 6.10 Å². The molecule has 0 saturated heterocycles. The van der Waals surface area contributed by atoms with E-state index in [1.165, 1.54) is 7.11 Å². The highest BCUT2D eigenvalue weighted by atomic mass is 79.9. The fourth-order valence-corrected chi connectivity index (χ4v) is 1.40. The van der Waals surface area contributed by atoms with Crippen LogP contribution in [0.5, 0.6) is 0 Å². The van der Waals surface area contributed by atoms with Crippen molar-refractivity contribution < 1.29 is 19.4 Å². The molecule has 2 N–H and O–H groups in total. The second-order valence-electron chi connectivity index (χ2n) is 3.09. The minimum Gasteiger partial charge on any atom is -0.468 e. The maximum absolute atomic E-state index is 11.0. The Morgan fingerprint density at radius 1 is 1.53 bits per heavy atom. The van der Waals surface area contributed by atoms with Crippen LogP contribution < -0.4 is 5.32 Å². The molecule has 0 spiro atoms. The molecule has 0 heterocycles. The normalized spacial score (nSPS) is 14.7. The summed E-state index contributed by atoms with van der Waals surface area (Å²) in [5, 5.41) is 12.3. The highest BCUT2D eigenvalue weighted by Crippen LogP contribution is 2.00. The minimum absolute atomic E-state index is 0.306. The summed E-state index contributed by atoms with van der Waals surface area (Å²) in [6.07, 6.45) is 0.128. The number of aliphatic hydroxyl groups excluding tert-OH is 1. The number of carbonyl (C=O) groups excluding carboxylic acids is 1. The van der Waals surface area contributed by atoms with E-state index in [9.17, 15) is 9.90 Å². The van der Waals surface area contributed by atoms with Crippen LogP contribution in [0.25, 0.3) is 0 Å². The predicted octanol–water partition coefficient (Wildman–Crippen LogP) is -0.0901. The maximum atomic E-state index is 11.0. The van der Waals surface area contributed by atoms with Gasteiger partial charge in [0.1, 0.15) is 4.83 Å². The average molecular weight is 284 g/mol. The maximum Gasteiger partial charge on any atom is 0.320 e. The molecule has 0 aromatic carbocycles. The van der Waals surface area contributed by atoms with Crippen molar-refractivity contribution >= 4 is 21.9 Å². The molecule has 0 aromatic rings. The molecule has 0 saturated carbocycles. The van der Waals surface area contributed by atoms with Gasteiger partial charge >= 0.3 is 5.97 Å². The Morgan fingerprint density at radius 3 is 2.73 bits per heavy atom. The zero-order chi connectivity index (χ0) is 11.7. The van der Waals surface area contributed by atoms with Gasteiger partial charge in [0.05, 0.1) is 19.8 Å². The van der Waals surface area contributed by atoms with Crippen molar-refractivity contribution in [1.82, 2.24) is 5.32 Å². The number of halogens is 1. The van der Waals surface area contributed by atoms with Gasteiger partial charge in [-0.2, -0.15) is 0 Å². The van der Waals surface area contributed by atoms with Crippen molar-refractivity contribution in [3.63, 3.8) is 0 Å². The zero-order valence-corrected chi connectivity index (χ0v) is 10.6. The largest absolute Gasteiger partial charge is 0.468 e. The molecule has 15 heavy (non-hydrogen) atoms. The number of ether oxygens (including phenoxy) is 2. The topological polar surface area (TPSA) is 67.8 Å². The Morgan fingerprint density at radius 2 is 2.20 bits per heavy atom. The molecule has 90 valence electrons. The number of carbonyl (C=O) groups is 1. The molecule has 0 amide bonds. The number of nitrogens with one attached hydrogen (secondary N) is 1. The smallest absolute Gasteiger partial charge is 0.320 e. The standard InChI is InChI=1S/C9H18BrNO4/c1-14-6-7(12)3-4-11-5-8(10)9(13)15-2/h7-8,11-12H,3-6H2,1-2H3. The number of methoxy groups -OCH3 is 2. The van der Waals surface area contributed by atoms with Gasteiger partial charge in [0, 0.05) is 13.7 Å². The zero-order valence-electron chi connectivity index (χ0n) is 9.03. The third-order valence-corrected chi connectivity index (χ3v) is 2.49. The van der Waals surface area contributed by atoms with Crippen LogP contribution in [0, 0.1) is 0 Å². The fourth-order valence-electron chi connectivity index (χ4n) is 0.984. The molecule has 0 bridgehead atoms. The van der Waals surface area contributed by atoms with Crippen LogP contribution in [0.15, 0.2) is 0 Å². The van der Waals surface area contributed by atoms with Crippen LogP contribution in [0.1, 0.15) is 6.42 Å². The molecule has 0 fully saturated rings. The molecule has 6 heteroatoms. The van der Waals surface area contributed by atoms with Gasteiger partial charge in [-0.3, -0.25) is 4.79 Å². The summed E-state index contributed by atoms with van der Waals surface area (Å²) in [4.78, 5) is 10.6. The number of esters is 1. The summed E-state index contributed by atoms with van der Waals surface area (Å²) in [6.45, 7) is 1.44. The Bertz CT molecular complexity index is 179. The Kier molecular flexibility index (Phi) is 8.98. The van der Waals surface area contributed by atoms with Crippen molar-refractivity contribution in [3.05, 3.63) is 0 Å². The average Bonchev–Trinajstić information content (AvgIpc) is 2.23. The molecule has 0 aliphatic rings. The number of hydrogen-bond acceptors (Lipinski definition) is 5. The first-order valence-electron chi connectivity index (χ1n) is 4.71. The molecule has 2 atom stereocenters. The first kappa shape index (κ1) is 14.8. The fraction of sp³-hybridized carbons (Fsp3) is 0.889. The molecule has 5 nitrogen and oxygen atoms in total. The Labute approximate surface area is 98.3 Å². The number of hydrogen-bond donors (Lipinski definition) is 2. The number of rotatable bonds is 8. The summed E-state index contributed by atoms with van der Waals surface area (Å²) >= 11 is 3.18. The van der Waals surface area contributed by atoms with E-state index in [0.717, 1.165) is 0 Å². The first-order valence-corrected chi connectivity index (χ1v) is 5.63. The molecule has 0 aromatic heterocycles. The van der Waals surface area contributed by atoms with E-state index in [1.54, 1.807) is 7.11 Å². The summed E-state index contributed by atoms with van der Waals surface area (Å²) in [5.74, 6) is -0.306. The third kappa shape index (κ3) is 7.72. The Hall–Kier alpha value is -0.170. The van der Waals surface area contributed by atoms with Crippen molar-refractivity contribution in [2.45, 2.75) is 17.4 Å². The van der Waals surface area contributed by atoms with Crippen LogP contribution in [0.2, 0.25) is 0 Å². The SMILES string of the molecule is COCC(O)CCNCC(Br)C(=O)OC. The molecule has 2 unspecified atom stereocenters. The summed E-state index contributed by atoms with van der Waals surface area (Å²) in [7, 11) is 2.89. The van der Waals surface area contributed by atoms with Crippen LogP contribution in [0.3, 0.4) is 0 Å². The van der Waals surface area contributed by atoms with Gasteiger partial charge in [0.25, 0.3) is 0 Å². The number of aliphatic hydroxyl groups is 1.